The highest BCUT2D eigenvalue weighted by Crippen LogP contribution is 2.42. The molecule has 0 atom stereocenters. The summed E-state index contributed by atoms with van der Waals surface area (Å²) in [4.78, 5) is 16.7. The fraction of sp³-hybridized carbons (Fsp3) is 0.158. The second kappa shape index (κ2) is 7.47. The molecule has 2 heterocycles. The van der Waals surface area contributed by atoms with Crippen LogP contribution >= 0.6 is 23.5 Å². The van der Waals surface area contributed by atoms with Gasteiger partial charge in [0.1, 0.15) is 10.1 Å². The van der Waals surface area contributed by atoms with Gasteiger partial charge in [-0.15, -0.1) is 0 Å². The van der Waals surface area contributed by atoms with Crippen molar-refractivity contribution in [1.82, 2.24) is 0 Å². The zero-order chi connectivity index (χ0) is 17.9. The molecule has 0 bridgehead atoms. The number of nitrogens with zero attached hydrogens (tertiary/aromatic N) is 1. The Balaban J connectivity index is 1.53. The lowest BCUT2D eigenvalue weighted by atomic mass is 10.1. The minimum absolute atomic E-state index is 0.0582. The molecule has 4 rings (SSSR count). The molecule has 2 aromatic rings. The summed E-state index contributed by atoms with van der Waals surface area (Å²) in [6, 6.07) is 13.7. The van der Waals surface area contributed by atoms with Gasteiger partial charge in [0.25, 0.3) is 0 Å². The molecule has 0 saturated heterocycles. The molecule has 0 unspecified atom stereocenters. The van der Waals surface area contributed by atoms with E-state index in [0.29, 0.717) is 22.9 Å². The van der Waals surface area contributed by atoms with Crippen LogP contribution in [-0.2, 0) is 10.5 Å². The molecule has 132 valence electrons. The number of aliphatic imine (C=N–C) groups is 1. The van der Waals surface area contributed by atoms with Gasteiger partial charge in [-0.1, -0.05) is 42.1 Å². The van der Waals surface area contributed by atoms with Crippen LogP contribution in [0.25, 0.3) is 6.08 Å². The molecule has 0 aliphatic carbocycles. The van der Waals surface area contributed by atoms with Crippen LogP contribution < -0.4 is 14.2 Å². The Bertz CT molecular complexity index is 909. The molecule has 0 spiro atoms. The zero-order valence-corrected chi connectivity index (χ0v) is 15.6. The summed E-state index contributed by atoms with van der Waals surface area (Å²) in [6.07, 6.45) is 1.75. The van der Waals surface area contributed by atoms with E-state index in [-0.39, 0.29) is 11.9 Å². The van der Waals surface area contributed by atoms with Gasteiger partial charge < -0.3 is 14.2 Å². The third kappa shape index (κ3) is 3.59. The number of fused-ring (bicyclic) bond motifs is 1. The second-order valence-electron chi connectivity index (χ2n) is 5.53. The van der Waals surface area contributed by atoms with Crippen molar-refractivity contribution >= 4 is 39.1 Å². The largest absolute Gasteiger partial charge is 0.493 e. The van der Waals surface area contributed by atoms with Gasteiger partial charge in [-0.3, -0.25) is 4.79 Å². The van der Waals surface area contributed by atoms with E-state index in [4.69, 9.17) is 14.2 Å². The molecule has 0 N–H and O–H groups in total. The molecular formula is C19H15NO4S2. The lowest BCUT2D eigenvalue weighted by Crippen LogP contribution is -1.93. The van der Waals surface area contributed by atoms with Crippen molar-refractivity contribution in [2.24, 2.45) is 4.99 Å². The number of hydrogen-bond acceptors (Lipinski definition) is 7. The summed E-state index contributed by atoms with van der Waals surface area (Å²) in [5, 5.41) is -0.0582. The number of carbonyl (C=O) groups excluding carboxylic acids is 1. The van der Waals surface area contributed by atoms with Crippen LogP contribution in [-0.4, -0.2) is 23.4 Å². The van der Waals surface area contributed by atoms with Crippen LogP contribution in [0.5, 0.6) is 17.2 Å². The molecule has 7 heteroatoms. The van der Waals surface area contributed by atoms with Crippen molar-refractivity contribution < 1.29 is 19.0 Å². The molecule has 0 fully saturated rings. The van der Waals surface area contributed by atoms with Crippen LogP contribution in [0.3, 0.4) is 0 Å². The van der Waals surface area contributed by atoms with Gasteiger partial charge in [-0.2, -0.15) is 0 Å². The molecule has 0 amide bonds. The van der Waals surface area contributed by atoms with E-state index >= 15 is 0 Å². The Morgan fingerprint density at radius 1 is 1.27 bits per heavy atom. The Labute approximate surface area is 159 Å². The first kappa shape index (κ1) is 17.1. The van der Waals surface area contributed by atoms with E-state index in [1.165, 1.54) is 17.3 Å². The Morgan fingerprint density at radius 3 is 2.92 bits per heavy atom. The third-order valence-corrected chi connectivity index (χ3v) is 5.87. The Hall–Kier alpha value is -2.38. The minimum Gasteiger partial charge on any atom is -0.493 e. The van der Waals surface area contributed by atoms with E-state index in [1.54, 1.807) is 24.9 Å². The zero-order valence-electron chi connectivity index (χ0n) is 13.9. The predicted octanol–water partition coefficient (Wildman–Crippen LogP) is 4.33. The van der Waals surface area contributed by atoms with Gasteiger partial charge in [0, 0.05) is 5.75 Å². The number of ether oxygens (including phenoxy) is 3. The van der Waals surface area contributed by atoms with E-state index < -0.39 is 0 Å². The topological polar surface area (TPSA) is 57.1 Å². The highest BCUT2D eigenvalue weighted by atomic mass is 32.2. The van der Waals surface area contributed by atoms with Gasteiger partial charge >= 0.3 is 0 Å². The third-order valence-electron chi connectivity index (χ3n) is 3.79. The summed E-state index contributed by atoms with van der Waals surface area (Å²) in [5.41, 5.74) is 2.41. The van der Waals surface area contributed by atoms with E-state index in [2.05, 4.69) is 17.1 Å². The van der Waals surface area contributed by atoms with Crippen molar-refractivity contribution in [3.05, 3.63) is 59.3 Å². The van der Waals surface area contributed by atoms with Crippen LogP contribution in [0.4, 0.5) is 0 Å². The average Bonchev–Trinajstić information content (AvgIpc) is 3.27. The Kier molecular flexibility index (Phi) is 4.90. The summed E-state index contributed by atoms with van der Waals surface area (Å²) >= 11 is 2.73. The molecule has 2 aliphatic rings. The molecule has 2 aromatic carbocycles. The highest BCUT2D eigenvalue weighted by Gasteiger charge is 2.24. The van der Waals surface area contributed by atoms with E-state index in [1.807, 2.05) is 30.3 Å². The lowest BCUT2D eigenvalue weighted by Gasteiger charge is -2.05. The fourth-order valence-corrected chi connectivity index (χ4v) is 4.36. The van der Waals surface area contributed by atoms with Gasteiger partial charge in [0.2, 0.25) is 17.7 Å². The standard InChI is InChI=1S/C19H15NO4S2/c1-22-15-8-13(9-16-17(15)24-11-23-16)7-14-18(21)26-19(20-14)25-10-12-5-3-2-4-6-12/h2-9H,10-11H2,1H3/b14-7+. The maximum absolute atomic E-state index is 12.3. The maximum Gasteiger partial charge on any atom is 0.244 e. The van der Waals surface area contributed by atoms with E-state index in [9.17, 15) is 4.79 Å². The smallest absolute Gasteiger partial charge is 0.244 e. The van der Waals surface area contributed by atoms with Gasteiger partial charge in [-0.25, -0.2) is 4.99 Å². The number of methoxy groups -OCH3 is 1. The van der Waals surface area contributed by atoms with E-state index in [0.717, 1.165) is 15.7 Å². The second-order valence-corrected chi connectivity index (χ2v) is 7.71. The van der Waals surface area contributed by atoms with Crippen molar-refractivity contribution in [3.63, 3.8) is 0 Å². The normalized spacial score (nSPS) is 16.9. The van der Waals surface area contributed by atoms with Crippen molar-refractivity contribution in [1.29, 1.82) is 0 Å². The predicted molar refractivity (Wildman–Crippen MR) is 105 cm³/mol. The first-order chi connectivity index (χ1) is 12.7. The first-order valence-corrected chi connectivity index (χ1v) is 9.70. The fourth-order valence-electron chi connectivity index (χ4n) is 2.56. The van der Waals surface area contributed by atoms with Gasteiger partial charge in [0.05, 0.1) is 7.11 Å². The summed E-state index contributed by atoms with van der Waals surface area (Å²) < 4.78 is 16.9. The van der Waals surface area contributed by atoms with Crippen molar-refractivity contribution in [2.75, 3.05) is 13.9 Å². The SMILES string of the molecule is COc1cc(/C=C2/N=C(SCc3ccccc3)SC2=O)cc2c1OCO2. The number of benzene rings is 2. The summed E-state index contributed by atoms with van der Waals surface area (Å²) in [6.45, 7) is 0.166. The number of hydrogen-bond donors (Lipinski definition) is 0. The number of carbonyl (C=O) groups is 1. The van der Waals surface area contributed by atoms with Crippen LogP contribution in [0.2, 0.25) is 0 Å². The maximum atomic E-state index is 12.3. The first-order valence-electron chi connectivity index (χ1n) is 7.90. The monoisotopic (exact) mass is 385 g/mol. The number of rotatable bonds is 4. The summed E-state index contributed by atoms with van der Waals surface area (Å²) in [7, 11) is 1.57. The highest BCUT2D eigenvalue weighted by molar-refractivity contribution is 8.45. The molecule has 0 saturated carbocycles. The van der Waals surface area contributed by atoms with Crippen LogP contribution in [0.15, 0.2) is 53.2 Å². The molecule has 2 aliphatic heterocycles. The molecule has 0 aromatic heterocycles. The average molecular weight is 385 g/mol. The lowest BCUT2D eigenvalue weighted by molar-refractivity contribution is -0.107. The molecule has 5 nitrogen and oxygen atoms in total. The van der Waals surface area contributed by atoms with Gasteiger partial charge in [0.15, 0.2) is 11.5 Å². The van der Waals surface area contributed by atoms with Crippen LogP contribution in [0.1, 0.15) is 11.1 Å². The minimum atomic E-state index is -0.0582. The molecule has 0 radical (unpaired) electrons. The van der Waals surface area contributed by atoms with Crippen molar-refractivity contribution in [3.8, 4) is 17.2 Å². The number of thioether (sulfide) groups is 2. The Morgan fingerprint density at radius 2 is 2.12 bits per heavy atom. The molecule has 26 heavy (non-hydrogen) atoms. The van der Waals surface area contributed by atoms with Crippen molar-refractivity contribution in [2.45, 2.75) is 5.75 Å². The summed E-state index contributed by atoms with van der Waals surface area (Å²) in [5.74, 6) is 2.55. The van der Waals surface area contributed by atoms with Crippen LogP contribution in [0, 0.1) is 0 Å². The molecular weight excluding hydrogens is 370 g/mol. The van der Waals surface area contributed by atoms with Gasteiger partial charge in [-0.05, 0) is 41.1 Å². The quantitative estimate of drug-likeness (QED) is 0.731.